The Balaban J connectivity index is 2.50. The van der Waals surface area contributed by atoms with Crippen LogP contribution in [0.25, 0.3) is 11.3 Å². The second-order valence-corrected chi connectivity index (χ2v) is 3.80. The number of rotatable bonds is 3. The van der Waals surface area contributed by atoms with Crippen LogP contribution in [0.3, 0.4) is 0 Å². The van der Waals surface area contributed by atoms with Crippen molar-refractivity contribution in [2.75, 3.05) is 7.11 Å². The predicted molar refractivity (Wildman–Crippen MR) is 60.4 cm³/mol. The molecule has 0 aliphatic heterocycles. The van der Waals surface area contributed by atoms with Crippen molar-refractivity contribution >= 4 is 17.4 Å². The molecule has 1 heterocycles. The summed E-state index contributed by atoms with van der Waals surface area (Å²) in [4.78, 5) is 11.5. The van der Waals surface area contributed by atoms with E-state index >= 15 is 0 Å². The number of methoxy groups -OCH3 is 1. The molecule has 0 radical (unpaired) electrons. The third-order valence-corrected chi connectivity index (χ3v) is 2.80. The van der Waals surface area contributed by atoms with E-state index in [1.54, 1.807) is 13.2 Å². The van der Waals surface area contributed by atoms with Crippen LogP contribution in [-0.4, -0.2) is 22.6 Å². The van der Waals surface area contributed by atoms with Crippen molar-refractivity contribution in [1.29, 1.82) is 0 Å². The Kier molecular flexibility index (Phi) is 2.82. The molecule has 16 heavy (non-hydrogen) atoms. The van der Waals surface area contributed by atoms with Gasteiger partial charge in [0, 0.05) is 5.56 Å². The van der Waals surface area contributed by atoms with E-state index in [9.17, 15) is 4.79 Å². The first kappa shape index (κ1) is 10.6. The van der Waals surface area contributed by atoms with Gasteiger partial charge in [0.1, 0.15) is 16.3 Å². The first-order valence-corrected chi connectivity index (χ1v) is 5.26. The van der Waals surface area contributed by atoms with E-state index in [1.807, 2.05) is 18.2 Å². The minimum Gasteiger partial charge on any atom is -0.497 e. The van der Waals surface area contributed by atoms with Gasteiger partial charge in [0.15, 0.2) is 0 Å². The topological polar surface area (TPSA) is 78.1 Å². The zero-order valence-electron chi connectivity index (χ0n) is 8.51. The normalized spacial score (nSPS) is 10.1. The van der Waals surface area contributed by atoms with Gasteiger partial charge < -0.3 is 10.5 Å². The molecule has 0 spiro atoms. The number of hydrogen-bond acceptors (Lipinski definition) is 5. The summed E-state index contributed by atoms with van der Waals surface area (Å²) in [6, 6.07) is 7.24. The van der Waals surface area contributed by atoms with E-state index < -0.39 is 5.91 Å². The zero-order valence-corrected chi connectivity index (χ0v) is 9.32. The van der Waals surface area contributed by atoms with Crippen LogP contribution in [0.4, 0.5) is 0 Å². The summed E-state index contributed by atoms with van der Waals surface area (Å²) in [6.07, 6.45) is 0. The number of hydrogen-bond donors (Lipinski definition) is 1. The molecule has 1 aromatic carbocycles. The van der Waals surface area contributed by atoms with Crippen LogP contribution in [0, 0.1) is 0 Å². The number of nitrogens with two attached hydrogens (primary N) is 1. The summed E-state index contributed by atoms with van der Waals surface area (Å²) in [5.74, 6) is 0.175. The van der Waals surface area contributed by atoms with Crippen molar-refractivity contribution in [2.24, 2.45) is 5.73 Å². The second kappa shape index (κ2) is 4.28. The van der Waals surface area contributed by atoms with Gasteiger partial charge in [0.05, 0.1) is 7.11 Å². The van der Waals surface area contributed by atoms with Gasteiger partial charge in [-0.15, -0.1) is 5.10 Å². The number of aromatic nitrogens is 2. The molecule has 2 N–H and O–H groups in total. The van der Waals surface area contributed by atoms with Crippen molar-refractivity contribution in [3.63, 3.8) is 0 Å². The zero-order chi connectivity index (χ0) is 11.5. The van der Waals surface area contributed by atoms with Gasteiger partial charge in [-0.05, 0) is 23.7 Å². The first-order chi connectivity index (χ1) is 7.72. The molecule has 2 aromatic rings. The lowest BCUT2D eigenvalue weighted by atomic mass is 10.1. The third-order valence-electron chi connectivity index (χ3n) is 2.05. The highest BCUT2D eigenvalue weighted by molar-refractivity contribution is 7.08. The molecule has 1 amide bonds. The molecular formula is C10H9N3O2S. The Morgan fingerprint density at radius 3 is 3.00 bits per heavy atom. The lowest BCUT2D eigenvalue weighted by molar-refractivity contribution is 0.100. The summed E-state index contributed by atoms with van der Waals surface area (Å²) >= 11 is 0.989. The second-order valence-electron chi connectivity index (χ2n) is 3.05. The number of primary amides is 1. The van der Waals surface area contributed by atoms with Crippen molar-refractivity contribution < 1.29 is 9.53 Å². The molecule has 6 heteroatoms. The number of carbonyl (C=O) groups is 1. The van der Waals surface area contributed by atoms with E-state index in [0.717, 1.165) is 17.1 Å². The number of benzene rings is 1. The Labute approximate surface area is 96.0 Å². The molecule has 82 valence electrons. The maximum Gasteiger partial charge on any atom is 0.262 e. The minimum absolute atomic E-state index is 0.355. The van der Waals surface area contributed by atoms with E-state index in [2.05, 4.69) is 9.59 Å². The summed E-state index contributed by atoms with van der Waals surface area (Å²) in [6.45, 7) is 0. The molecule has 5 nitrogen and oxygen atoms in total. The summed E-state index contributed by atoms with van der Waals surface area (Å²) in [5, 5.41) is 3.90. The van der Waals surface area contributed by atoms with Gasteiger partial charge in [0.25, 0.3) is 5.91 Å². The SMILES string of the molecule is COc1cccc(-c2nnsc2C(N)=O)c1. The molecule has 0 atom stereocenters. The average molecular weight is 235 g/mol. The smallest absolute Gasteiger partial charge is 0.262 e. The van der Waals surface area contributed by atoms with E-state index in [4.69, 9.17) is 10.5 Å². The molecule has 1 aromatic heterocycles. The maximum absolute atomic E-state index is 11.1. The van der Waals surface area contributed by atoms with E-state index in [0.29, 0.717) is 16.3 Å². The first-order valence-electron chi connectivity index (χ1n) is 4.49. The standard InChI is InChI=1S/C10H9N3O2S/c1-15-7-4-2-3-6(5-7)8-9(10(11)14)16-13-12-8/h2-5H,1H3,(H2,11,14). The molecule has 0 aliphatic carbocycles. The van der Waals surface area contributed by atoms with Gasteiger partial charge in [0.2, 0.25) is 0 Å². The highest BCUT2D eigenvalue weighted by Crippen LogP contribution is 2.26. The quantitative estimate of drug-likeness (QED) is 0.870. The Morgan fingerprint density at radius 1 is 1.50 bits per heavy atom. The van der Waals surface area contributed by atoms with Gasteiger partial charge in [-0.3, -0.25) is 4.79 Å². The van der Waals surface area contributed by atoms with Gasteiger partial charge >= 0.3 is 0 Å². The maximum atomic E-state index is 11.1. The molecule has 2 rings (SSSR count). The van der Waals surface area contributed by atoms with Crippen LogP contribution in [0.1, 0.15) is 9.67 Å². The third kappa shape index (κ3) is 1.87. The fourth-order valence-electron chi connectivity index (χ4n) is 1.31. The molecule has 0 bridgehead atoms. The van der Waals surface area contributed by atoms with E-state index in [1.165, 1.54) is 0 Å². The summed E-state index contributed by atoms with van der Waals surface area (Å²) < 4.78 is 8.82. The molecule has 0 saturated carbocycles. The fourth-order valence-corrected chi connectivity index (χ4v) is 1.85. The van der Waals surface area contributed by atoms with Crippen molar-refractivity contribution in [2.45, 2.75) is 0 Å². The molecule has 0 fully saturated rings. The summed E-state index contributed by atoms with van der Waals surface area (Å²) in [7, 11) is 1.58. The molecular weight excluding hydrogens is 226 g/mol. The number of ether oxygens (including phenoxy) is 1. The fraction of sp³-hybridized carbons (Fsp3) is 0.100. The average Bonchev–Trinajstić information content (AvgIpc) is 2.78. The Morgan fingerprint density at radius 2 is 2.31 bits per heavy atom. The van der Waals surface area contributed by atoms with Crippen molar-refractivity contribution in [1.82, 2.24) is 9.59 Å². The Hall–Kier alpha value is -1.95. The van der Waals surface area contributed by atoms with Crippen LogP contribution in [-0.2, 0) is 0 Å². The van der Waals surface area contributed by atoms with Crippen LogP contribution in [0.5, 0.6) is 5.75 Å². The van der Waals surface area contributed by atoms with Gasteiger partial charge in [-0.1, -0.05) is 16.6 Å². The van der Waals surface area contributed by atoms with Crippen LogP contribution < -0.4 is 10.5 Å². The van der Waals surface area contributed by atoms with Crippen molar-refractivity contribution in [3.05, 3.63) is 29.1 Å². The van der Waals surface area contributed by atoms with E-state index in [-0.39, 0.29) is 0 Å². The lowest BCUT2D eigenvalue weighted by Gasteiger charge is -2.02. The highest BCUT2D eigenvalue weighted by Gasteiger charge is 2.15. The van der Waals surface area contributed by atoms with Crippen molar-refractivity contribution in [3.8, 4) is 17.0 Å². The minimum atomic E-state index is -0.521. The molecule has 0 unspecified atom stereocenters. The van der Waals surface area contributed by atoms with Gasteiger partial charge in [-0.25, -0.2) is 0 Å². The highest BCUT2D eigenvalue weighted by atomic mass is 32.1. The molecule has 0 aliphatic rings. The van der Waals surface area contributed by atoms with Gasteiger partial charge in [-0.2, -0.15) is 0 Å². The predicted octanol–water partition coefficient (Wildman–Crippen LogP) is 1.31. The number of carbonyl (C=O) groups excluding carboxylic acids is 1. The number of nitrogens with zero attached hydrogens (tertiary/aromatic N) is 2. The lowest BCUT2D eigenvalue weighted by Crippen LogP contribution is -2.10. The molecule has 0 saturated heterocycles. The Bertz CT molecular complexity index is 524. The van der Waals surface area contributed by atoms with Crippen LogP contribution in [0.15, 0.2) is 24.3 Å². The summed E-state index contributed by atoms with van der Waals surface area (Å²) in [5.41, 5.74) is 6.49. The van der Waals surface area contributed by atoms with Crippen LogP contribution in [0.2, 0.25) is 0 Å². The van der Waals surface area contributed by atoms with Crippen LogP contribution >= 0.6 is 11.5 Å². The largest absolute Gasteiger partial charge is 0.497 e. The number of amides is 1. The monoisotopic (exact) mass is 235 g/mol.